The Morgan fingerprint density at radius 2 is 1.71 bits per heavy atom. The number of anilines is 1. The number of thioether (sulfide) groups is 1. The Kier molecular flexibility index (Phi) is 5.16. The second kappa shape index (κ2) is 6.70. The van der Waals surface area contributed by atoms with E-state index in [1.165, 1.54) is 18.2 Å². The van der Waals surface area contributed by atoms with Crippen molar-refractivity contribution in [2.45, 2.75) is 16.9 Å². The minimum atomic E-state index is -4.29. The van der Waals surface area contributed by atoms with E-state index in [1.54, 1.807) is 24.3 Å². The van der Waals surface area contributed by atoms with Gasteiger partial charge in [-0.05, 0) is 69.7 Å². The van der Waals surface area contributed by atoms with E-state index in [2.05, 4.69) is 21.2 Å². The first-order valence-corrected chi connectivity index (χ1v) is 7.48. The summed E-state index contributed by atoms with van der Waals surface area (Å²) in [5, 5.41) is 3.03. The zero-order valence-corrected chi connectivity index (χ0v) is 12.9. The van der Waals surface area contributed by atoms with Crippen LogP contribution in [0, 0.1) is 5.82 Å². The molecule has 2 aromatic rings. The Hall–Kier alpha value is -1.21. The van der Waals surface area contributed by atoms with Crippen molar-refractivity contribution in [3.05, 3.63) is 58.3 Å². The molecule has 0 aliphatic carbocycles. The molecule has 21 heavy (non-hydrogen) atoms. The second-order valence-corrected chi connectivity index (χ2v) is 6.17. The summed E-state index contributed by atoms with van der Waals surface area (Å²) in [6.07, 6.45) is 0. The highest BCUT2D eigenvalue weighted by Gasteiger charge is 2.28. The smallest absolute Gasteiger partial charge is 0.381 e. The molecule has 2 aromatic carbocycles. The number of hydrogen-bond acceptors (Lipinski definition) is 2. The fraction of sp³-hybridized carbons (Fsp3) is 0.143. The van der Waals surface area contributed by atoms with Gasteiger partial charge in [0.2, 0.25) is 0 Å². The van der Waals surface area contributed by atoms with Gasteiger partial charge in [-0.25, -0.2) is 4.39 Å². The molecule has 0 radical (unpaired) electrons. The van der Waals surface area contributed by atoms with Crippen LogP contribution in [0.3, 0.4) is 0 Å². The molecule has 0 unspecified atom stereocenters. The number of alkyl halides is 3. The molecule has 0 atom stereocenters. The average molecular weight is 380 g/mol. The monoisotopic (exact) mass is 379 g/mol. The van der Waals surface area contributed by atoms with Crippen molar-refractivity contribution < 1.29 is 17.6 Å². The van der Waals surface area contributed by atoms with E-state index in [1.807, 2.05) is 0 Å². The van der Waals surface area contributed by atoms with Gasteiger partial charge in [-0.15, -0.1) is 0 Å². The van der Waals surface area contributed by atoms with Gasteiger partial charge < -0.3 is 5.32 Å². The van der Waals surface area contributed by atoms with Gasteiger partial charge in [0.1, 0.15) is 5.82 Å². The molecule has 1 N–H and O–H groups in total. The summed E-state index contributed by atoms with van der Waals surface area (Å²) in [4.78, 5) is 0.128. The zero-order chi connectivity index (χ0) is 15.5. The van der Waals surface area contributed by atoms with Crippen LogP contribution < -0.4 is 5.32 Å². The van der Waals surface area contributed by atoms with Crippen molar-refractivity contribution in [3.8, 4) is 0 Å². The van der Waals surface area contributed by atoms with Crippen molar-refractivity contribution in [1.82, 2.24) is 0 Å². The lowest BCUT2D eigenvalue weighted by molar-refractivity contribution is -0.0328. The molecule has 2 rings (SSSR count). The highest BCUT2D eigenvalue weighted by molar-refractivity contribution is 9.10. The van der Waals surface area contributed by atoms with Gasteiger partial charge in [0.25, 0.3) is 0 Å². The first-order valence-electron chi connectivity index (χ1n) is 5.87. The van der Waals surface area contributed by atoms with E-state index in [0.29, 0.717) is 16.7 Å². The van der Waals surface area contributed by atoms with E-state index in [9.17, 15) is 17.6 Å². The topological polar surface area (TPSA) is 12.0 Å². The minimum Gasteiger partial charge on any atom is -0.381 e. The average Bonchev–Trinajstić information content (AvgIpc) is 2.40. The molecule has 0 aliphatic rings. The van der Waals surface area contributed by atoms with E-state index < -0.39 is 5.51 Å². The van der Waals surface area contributed by atoms with Crippen molar-refractivity contribution in [3.63, 3.8) is 0 Å². The number of hydrogen-bond donors (Lipinski definition) is 1. The summed E-state index contributed by atoms with van der Waals surface area (Å²) in [6, 6.07) is 10.7. The van der Waals surface area contributed by atoms with Gasteiger partial charge >= 0.3 is 5.51 Å². The quantitative estimate of drug-likeness (QED) is 0.531. The van der Waals surface area contributed by atoms with Gasteiger partial charge in [-0.1, -0.05) is 6.07 Å². The number of benzene rings is 2. The van der Waals surface area contributed by atoms with Crippen LogP contribution in [-0.4, -0.2) is 5.51 Å². The third-order valence-corrected chi connectivity index (χ3v) is 3.95. The molecule has 0 heterocycles. The van der Waals surface area contributed by atoms with E-state index in [0.717, 1.165) is 5.56 Å². The highest BCUT2D eigenvalue weighted by Crippen LogP contribution is 2.37. The number of halogens is 5. The maximum Gasteiger partial charge on any atom is 0.446 e. The maximum atomic E-state index is 13.3. The van der Waals surface area contributed by atoms with Crippen LogP contribution in [0.2, 0.25) is 0 Å². The largest absolute Gasteiger partial charge is 0.446 e. The minimum absolute atomic E-state index is 0.128. The predicted octanol–water partition coefficient (Wildman–Crippen LogP) is 5.81. The molecule has 1 nitrogen and oxygen atoms in total. The molecule has 7 heteroatoms. The molecule has 0 saturated heterocycles. The van der Waals surface area contributed by atoms with Gasteiger partial charge in [0, 0.05) is 17.1 Å². The van der Waals surface area contributed by atoms with Crippen molar-refractivity contribution in [2.24, 2.45) is 0 Å². The van der Waals surface area contributed by atoms with Crippen LogP contribution >= 0.6 is 27.7 Å². The zero-order valence-electron chi connectivity index (χ0n) is 10.5. The van der Waals surface area contributed by atoms with Crippen molar-refractivity contribution in [1.29, 1.82) is 0 Å². The first kappa shape index (κ1) is 16.2. The van der Waals surface area contributed by atoms with Crippen LogP contribution in [0.1, 0.15) is 5.56 Å². The number of nitrogens with one attached hydrogen (secondary N) is 1. The second-order valence-electron chi connectivity index (χ2n) is 4.17. The van der Waals surface area contributed by atoms with Gasteiger partial charge in [0.15, 0.2) is 0 Å². The van der Waals surface area contributed by atoms with E-state index in [-0.39, 0.29) is 22.5 Å². The summed E-state index contributed by atoms with van der Waals surface area (Å²) in [5.41, 5.74) is -2.88. The molecule has 0 amide bonds. The van der Waals surface area contributed by atoms with Crippen molar-refractivity contribution in [2.75, 3.05) is 5.32 Å². The Morgan fingerprint density at radius 3 is 2.29 bits per heavy atom. The summed E-state index contributed by atoms with van der Waals surface area (Å²) in [7, 11) is 0. The summed E-state index contributed by atoms with van der Waals surface area (Å²) < 4.78 is 50.3. The molecule has 0 saturated carbocycles. The Labute approximate surface area is 131 Å². The van der Waals surface area contributed by atoms with Crippen molar-refractivity contribution >= 4 is 33.4 Å². The Morgan fingerprint density at radius 1 is 1.05 bits per heavy atom. The fourth-order valence-electron chi connectivity index (χ4n) is 1.63. The molecule has 0 spiro atoms. The Balaban J connectivity index is 1.96. The maximum absolute atomic E-state index is 13.3. The molecule has 0 aliphatic heterocycles. The summed E-state index contributed by atoms with van der Waals surface area (Å²) in [6.45, 7) is 0.385. The molecular weight excluding hydrogens is 370 g/mol. The molecule has 0 fully saturated rings. The third-order valence-electron chi connectivity index (χ3n) is 2.57. The lowest BCUT2D eigenvalue weighted by Crippen LogP contribution is -2.01. The standard InChI is InChI=1S/C14H10BrF4NS/c15-12-6-1-9(7-13(12)16)8-20-10-2-4-11(5-3-10)21-14(17,18)19/h1-7,20H,8H2. The van der Waals surface area contributed by atoms with E-state index >= 15 is 0 Å². The third kappa shape index (κ3) is 5.24. The van der Waals surface area contributed by atoms with Gasteiger partial charge in [-0.2, -0.15) is 13.2 Å². The Bertz CT molecular complexity index is 613. The predicted molar refractivity (Wildman–Crippen MR) is 79.8 cm³/mol. The first-order chi connectivity index (χ1) is 9.83. The van der Waals surface area contributed by atoms with Crippen LogP contribution in [-0.2, 0) is 6.54 Å². The van der Waals surface area contributed by atoms with Gasteiger partial charge in [0.05, 0.1) is 4.47 Å². The molecule has 0 aromatic heterocycles. The normalized spacial score (nSPS) is 11.5. The molecule has 112 valence electrons. The summed E-state index contributed by atoms with van der Waals surface area (Å²) >= 11 is 2.91. The molecule has 0 bridgehead atoms. The van der Waals surface area contributed by atoms with Crippen LogP contribution in [0.4, 0.5) is 23.2 Å². The SMILES string of the molecule is Fc1cc(CNc2ccc(SC(F)(F)F)cc2)ccc1Br. The van der Waals surface area contributed by atoms with Gasteiger partial charge in [-0.3, -0.25) is 0 Å². The van der Waals surface area contributed by atoms with Crippen LogP contribution in [0.5, 0.6) is 0 Å². The lowest BCUT2D eigenvalue weighted by Gasteiger charge is -2.09. The molecular formula is C14H10BrF4NS. The van der Waals surface area contributed by atoms with Crippen LogP contribution in [0.25, 0.3) is 0 Å². The lowest BCUT2D eigenvalue weighted by atomic mass is 10.2. The summed E-state index contributed by atoms with van der Waals surface area (Å²) in [5.74, 6) is -0.355. The highest BCUT2D eigenvalue weighted by atomic mass is 79.9. The van der Waals surface area contributed by atoms with E-state index in [4.69, 9.17) is 0 Å². The van der Waals surface area contributed by atoms with Crippen LogP contribution in [0.15, 0.2) is 51.8 Å². The fourth-order valence-corrected chi connectivity index (χ4v) is 2.41. The number of rotatable bonds is 4.